The van der Waals surface area contributed by atoms with Crippen molar-refractivity contribution in [3.05, 3.63) is 83.8 Å². The molecule has 1 heterocycles. The smallest absolute Gasteiger partial charge is 0.281 e. The molecule has 0 aliphatic carbocycles. The summed E-state index contributed by atoms with van der Waals surface area (Å²) in [6, 6.07) is 17.5. The molecule has 0 radical (unpaired) electrons. The minimum absolute atomic E-state index is 0.186. The highest BCUT2D eigenvalue weighted by atomic mass is 32.1. The Morgan fingerprint density at radius 2 is 1.75 bits per heavy atom. The molecule has 3 aromatic carbocycles. The van der Waals surface area contributed by atoms with Crippen LogP contribution in [0.5, 0.6) is 17.2 Å². The van der Waals surface area contributed by atoms with Gasteiger partial charge in [0.25, 0.3) is 11.8 Å². The van der Waals surface area contributed by atoms with Gasteiger partial charge in [0.1, 0.15) is 17.3 Å². The number of nitrogens with one attached hydrogen (secondary N) is 2. The highest BCUT2D eigenvalue weighted by molar-refractivity contribution is 7.80. The Morgan fingerprint density at radius 1 is 1.03 bits per heavy atom. The van der Waals surface area contributed by atoms with E-state index in [0.717, 1.165) is 0 Å². The molecule has 10 heteroatoms. The van der Waals surface area contributed by atoms with E-state index in [1.165, 1.54) is 43.4 Å². The molecular weight excluding hydrogens is 485 g/mol. The van der Waals surface area contributed by atoms with Gasteiger partial charge in [0.15, 0.2) is 23.2 Å². The lowest BCUT2D eigenvalue weighted by molar-refractivity contribution is -0.118. The van der Waals surface area contributed by atoms with E-state index in [1.807, 2.05) is 0 Å². The standard InChI is InChI=1S/C26H22FN3O5S/c1-33-21-6-4-3-5-19(21)28-24(31)15-35-22-12-7-16(14-23(22)34-2)13-20-25(32)30(26(36)29-20)18-10-8-17(27)9-11-18/h3-14H,15H2,1-2H3,(H,28,31)(H,29,36)/b20-13+. The van der Waals surface area contributed by atoms with Crippen molar-refractivity contribution in [1.29, 1.82) is 0 Å². The highest BCUT2D eigenvalue weighted by Gasteiger charge is 2.32. The molecule has 184 valence electrons. The van der Waals surface area contributed by atoms with Gasteiger partial charge in [-0.3, -0.25) is 14.5 Å². The summed E-state index contributed by atoms with van der Waals surface area (Å²) in [6.45, 7) is -0.254. The number of methoxy groups -OCH3 is 2. The summed E-state index contributed by atoms with van der Waals surface area (Å²) >= 11 is 5.29. The summed E-state index contributed by atoms with van der Waals surface area (Å²) < 4.78 is 29.5. The number of hydrogen-bond acceptors (Lipinski definition) is 6. The van der Waals surface area contributed by atoms with Crippen molar-refractivity contribution in [2.24, 2.45) is 0 Å². The molecule has 0 saturated carbocycles. The first-order chi connectivity index (χ1) is 17.4. The average Bonchev–Trinajstić information content (AvgIpc) is 3.16. The fourth-order valence-corrected chi connectivity index (χ4v) is 3.80. The molecule has 1 aliphatic rings. The number of rotatable bonds is 8. The number of anilines is 2. The summed E-state index contributed by atoms with van der Waals surface area (Å²) in [6.07, 6.45) is 1.61. The van der Waals surface area contributed by atoms with E-state index in [2.05, 4.69) is 10.6 Å². The van der Waals surface area contributed by atoms with Crippen LogP contribution in [0.25, 0.3) is 6.08 Å². The Morgan fingerprint density at radius 3 is 2.47 bits per heavy atom. The van der Waals surface area contributed by atoms with Crippen LogP contribution in [0.15, 0.2) is 72.4 Å². The topological polar surface area (TPSA) is 89.1 Å². The number of hydrogen-bond donors (Lipinski definition) is 2. The predicted octanol–water partition coefficient (Wildman–Crippen LogP) is 4.12. The second-order valence-electron chi connectivity index (χ2n) is 7.55. The van der Waals surface area contributed by atoms with Gasteiger partial charge in [0.05, 0.1) is 25.6 Å². The van der Waals surface area contributed by atoms with Crippen molar-refractivity contribution in [2.45, 2.75) is 0 Å². The zero-order chi connectivity index (χ0) is 25.7. The molecule has 1 fully saturated rings. The average molecular weight is 508 g/mol. The lowest BCUT2D eigenvalue weighted by Gasteiger charge is -2.13. The molecule has 8 nitrogen and oxygen atoms in total. The summed E-state index contributed by atoms with van der Waals surface area (Å²) in [4.78, 5) is 26.6. The molecule has 2 amide bonds. The van der Waals surface area contributed by atoms with E-state index in [-0.39, 0.29) is 29.2 Å². The van der Waals surface area contributed by atoms with Crippen molar-refractivity contribution in [3.8, 4) is 17.2 Å². The Bertz CT molecular complexity index is 1340. The molecule has 0 spiro atoms. The Labute approximate surface area is 212 Å². The van der Waals surface area contributed by atoms with Crippen molar-refractivity contribution in [1.82, 2.24) is 5.32 Å². The number of benzene rings is 3. The van der Waals surface area contributed by atoms with Gasteiger partial charge in [0.2, 0.25) is 0 Å². The third kappa shape index (κ3) is 5.44. The number of para-hydroxylation sites is 2. The number of carbonyl (C=O) groups is 2. The molecule has 36 heavy (non-hydrogen) atoms. The largest absolute Gasteiger partial charge is 0.495 e. The van der Waals surface area contributed by atoms with Crippen LogP contribution in [0, 0.1) is 5.82 Å². The van der Waals surface area contributed by atoms with E-state index in [4.69, 9.17) is 26.4 Å². The number of carbonyl (C=O) groups excluding carboxylic acids is 2. The van der Waals surface area contributed by atoms with Crippen LogP contribution in [0.1, 0.15) is 5.56 Å². The van der Waals surface area contributed by atoms with Gasteiger partial charge < -0.3 is 24.8 Å². The summed E-state index contributed by atoms with van der Waals surface area (Å²) in [5, 5.41) is 5.80. The maximum Gasteiger partial charge on any atom is 0.281 e. The zero-order valence-electron chi connectivity index (χ0n) is 19.4. The molecule has 0 atom stereocenters. The van der Waals surface area contributed by atoms with Crippen LogP contribution < -0.4 is 29.7 Å². The van der Waals surface area contributed by atoms with Gasteiger partial charge in [0, 0.05) is 0 Å². The van der Waals surface area contributed by atoms with E-state index in [1.54, 1.807) is 48.5 Å². The van der Waals surface area contributed by atoms with E-state index in [9.17, 15) is 14.0 Å². The molecule has 1 saturated heterocycles. The maximum atomic E-state index is 13.3. The fraction of sp³-hybridized carbons (Fsp3) is 0.115. The molecular formula is C26H22FN3O5S. The molecule has 0 aromatic heterocycles. The number of halogens is 1. The van der Waals surface area contributed by atoms with Gasteiger partial charge in [-0.1, -0.05) is 18.2 Å². The summed E-state index contributed by atoms with van der Waals surface area (Å²) in [7, 11) is 2.99. The molecule has 0 unspecified atom stereocenters. The van der Waals surface area contributed by atoms with Gasteiger partial charge in [-0.05, 0) is 72.4 Å². The molecule has 4 rings (SSSR count). The molecule has 2 N–H and O–H groups in total. The first-order valence-electron chi connectivity index (χ1n) is 10.8. The fourth-order valence-electron chi connectivity index (χ4n) is 3.50. The zero-order valence-corrected chi connectivity index (χ0v) is 20.2. The van der Waals surface area contributed by atoms with Crippen LogP contribution in [-0.2, 0) is 9.59 Å². The monoisotopic (exact) mass is 507 g/mol. The molecule has 0 bridgehead atoms. The van der Waals surface area contributed by atoms with Gasteiger partial charge in [-0.2, -0.15) is 0 Å². The van der Waals surface area contributed by atoms with Crippen LogP contribution in [0.2, 0.25) is 0 Å². The molecule has 3 aromatic rings. The van der Waals surface area contributed by atoms with E-state index < -0.39 is 5.82 Å². The van der Waals surface area contributed by atoms with Crippen LogP contribution in [0.4, 0.5) is 15.8 Å². The van der Waals surface area contributed by atoms with Gasteiger partial charge in [-0.25, -0.2) is 4.39 Å². The van der Waals surface area contributed by atoms with Crippen molar-refractivity contribution >= 4 is 46.6 Å². The lowest BCUT2D eigenvalue weighted by Crippen LogP contribution is -2.30. The molecule has 1 aliphatic heterocycles. The maximum absolute atomic E-state index is 13.3. The normalized spacial score (nSPS) is 14.0. The van der Waals surface area contributed by atoms with Crippen molar-refractivity contribution in [2.75, 3.05) is 31.0 Å². The highest BCUT2D eigenvalue weighted by Crippen LogP contribution is 2.30. The second-order valence-corrected chi connectivity index (χ2v) is 7.94. The Hall–Kier alpha value is -4.44. The minimum atomic E-state index is -0.410. The number of nitrogens with zero attached hydrogens (tertiary/aromatic N) is 1. The SMILES string of the molecule is COc1ccccc1NC(=O)COc1ccc(/C=C2/NC(=S)N(c3ccc(F)cc3)C2=O)cc1OC. The first-order valence-corrected chi connectivity index (χ1v) is 11.2. The third-order valence-electron chi connectivity index (χ3n) is 5.20. The lowest BCUT2D eigenvalue weighted by atomic mass is 10.1. The number of amides is 2. The van der Waals surface area contributed by atoms with Crippen LogP contribution in [-0.4, -0.2) is 37.8 Å². The van der Waals surface area contributed by atoms with E-state index >= 15 is 0 Å². The van der Waals surface area contributed by atoms with Gasteiger partial charge >= 0.3 is 0 Å². The third-order valence-corrected chi connectivity index (χ3v) is 5.49. The minimum Gasteiger partial charge on any atom is -0.495 e. The quantitative estimate of drug-likeness (QED) is 0.350. The summed E-state index contributed by atoms with van der Waals surface area (Å²) in [5.41, 5.74) is 1.87. The van der Waals surface area contributed by atoms with Crippen LogP contribution in [0.3, 0.4) is 0 Å². The Kier molecular flexibility index (Phi) is 7.45. The van der Waals surface area contributed by atoms with Crippen molar-refractivity contribution < 1.29 is 28.2 Å². The number of thiocarbonyl (C=S) groups is 1. The van der Waals surface area contributed by atoms with Crippen molar-refractivity contribution in [3.63, 3.8) is 0 Å². The predicted molar refractivity (Wildman–Crippen MR) is 138 cm³/mol. The number of ether oxygens (including phenoxy) is 3. The summed E-state index contributed by atoms with van der Waals surface area (Å²) in [5.74, 6) is 0.101. The first kappa shape index (κ1) is 24.7. The van der Waals surface area contributed by atoms with E-state index in [0.29, 0.717) is 34.2 Å². The van der Waals surface area contributed by atoms with Crippen LogP contribution >= 0.6 is 12.2 Å². The Balaban J connectivity index is 1.45. The second kappa shape index (κ2) is 10.9. The van der Waals surface area contributed by atoms with Gasteiger partial charge in [-0.15, -0.1) is 0 Å².